The molecule has 316 valence electrons. The van der Waals surface area contributed by atoms with Crippen LogP contribution >= 0.6 is 51.7 Å². The summed E-state index contributed by atoms with van der Waals surface area (Å²) in [6.07, 6.45) is -2.36. The van der Waals surface area contributed by atoms with Crippen molar-refractivity contribution < 1.29 is 48.3 Å². The van der Waals surface area contributed by atoms with E-state index in [0.717, 1.165) is 0 Å². The first-order chi connectivity index (χ1) is 26.2. The van der Waals surface area contributed by atoms with Crippen LogP contribution in [0.4, 0.5) is 13.2 Å². The number of halogens is 4. The Morgan fingerprint density at radius 1 is 0.821 bits per heavy atom. The first kappa shape index (κ1) is 54.0. The molecule has 0 radical (unpaired) electrons. The molecule has 0 fully saturated rings. The van der Waals surface area contributed by atoms with Gasteiger partial charge in [0.2, 0.25) is 6.26 Å². The molecule has 5 N–H and O–H groups in total. The Morgan fingerprint density at radius 2 is 1.21 bits per heavy atom. The third kappa shape index (κ3) is 41.1. The van der Waals surface area contributed by atoms with Crippen LogP contribution in [0.25, 0.3) is 0 Å². The highest BCUT2D eigenvalue weighted by atomic mass is 79.9. The highest BCUT2D eigenvalue weighted by Crippen LogP contribution is 2.14. The Morgan fingerprint density at radius 3 is 1.52 bits per heavy atom. The SMILES string of the molecule is CC.CC(C)(C)OC(=O)CCBr.CC(C)(C)OC(=O)CCSc1nccc(=O)[nH]1.O=C(O)CCSc1nccc(=O)[nH]1.O=c1cc[nH]c(=S)[nH]1.[2H]C(=O)C(F)(F)F. The summed E-state index contributed by atoms with van der Waals surface area (Å²) in [7, 11) is 0. The summed E-state index contributed by atoms with van der Waals surface area (Å²) in [5, 5.41) is 9.98. The lowest BCUT2D eigenvalue weighted by Gasteiger charge is -2.19. The summed E-state index contributed by atoms with van der Waals surface area (Å²) < 4.78 is 47.9. The number of carbonyl (C=O) groups is 4. The largest absolute Gasteiger partial charge is 0.481 e. The minimum absolute atomic E-state index is 0.0588. The second kappa shape index (κ2) is 31.0. The number of carboxylic acid groups (broad SMARTS) is 1. The Balaban J connectivity index is -0.000000655. The minimum Gasteiger partial charge on any atom is -0.481 e. The fourth-order valence-electron chi connectivity index (χ4n) is 2.56. The molecule has 0 spiro atoms. The molecule has 23 heteroatoms. The molecule has 0 unspecified atom stereocenters. The number of carbonyl (C=O) groups excluding carboxylic acids is 3. The van der Waals surface area contributed by atoms with Crippen LogP contribution in [-0.2, 0) is 28.7 Å². The smallest absolute Gasteiger partial charge is 0.446 e. The van der Waals surface area contributed by atoms with Gasteiger partial charge >= 0.3 is 24.1 Å². The van der Waals surface area contributed by atoms with E-state index in [0.29, 0.717) is 44.8 Å². The average Bonchev–Trinajstić information content (AvgIpc) is 3.05. The normalized spacial score (nSPS) is 10.5. The van der Waals surface area contributed by atoms with E-state index >= 15 is 0 Å². The van der Waals surface area contributed by atoms with Crippen LogP contribution in [0.2, 0.25) is 0 Å². The number of aromatic amines is 4. The van der Waals surface area contributed by atoms with Crippen LogP contribution in [0.3, 0.4) is 0 Å². The maximum absolute atomic E-state index is 11.4. The van der Waals surface area contributed by atoms with Gasteiger partial charge in [-0.15, -0.1) is 0 Å². The van der Waals surface area contributed by atoms with Gasteiger partial charge in [-0.05, 0) is 53.8 Å². The van der Waals surface area contributed by atoms with Gasteiger partial charge in [0, 0.05) is 53.6 Å². The number of alkyl halides is 4. The number of ether oxygens (including phenoxy) is 2. The van der Waals surface area contributed by atoms with Crippen LogP contribution in [0, 0.1) is 4.77 Å². The maximum atomic E-state index is 11.4. The molecule has 0 amide bonds. The number of H-pyrrole nitrogens is 4. The lowest BCUT2D eigenvalue weighted by molar-refractivity contribution is -0.156. The lowest BCUT2D eigenvalue weighted by Crippen LogP contribution is -2.24. The van der Waals surface area contributed by atoms with Crippen molar-refractivity contribution in [3.05, 3.63) is 72.6 Å². The number of esters is 2. The molecular weight excluding hydrogens is 873 g/mol. The van der Waals surface area contributed by atoms with Crippen molar-refractivity contribution in [2.75, 3.05) is 16.8 Å². The van der Waals surface area contributed by atoms with Crippen molar-refractivity contribution >= 4 is 75.8 Å². The highest BCUT2D eigenvalue weighted by molar-refractivity contribution is 9.09. The van der Waals surface area contributed by atoms with E-state index in [2.05, 4.69) is 58.1 Å². The predicted molar refractivity (Wildman–Crippen MR) is 214 cm³/mol. The first-order valence-electron chi connectivity index (χ1n) is 16.7. The third-order valence-electron chi connectivity index (χ3n) is 4.34. The molecule has 0 saturated heterocycles. The molecular formula is C33H48BrF3N6O10S3. The topological polar surface area (TPSA) is 247 Å². The lowest BCUT2D eigenvalue weighted by atomic mass is 10.2. The van der Waals surface area contributed by atoms with Crippen LogP contribution in [0.5, 0.6) is 0 Å². The number of rotatable bonds is 10. The molecule has 0 aromatic carbocycles. The molecule has 3 heterocycles. The van der Waals surface area contributed by atoms with Crippen molar-refractivity contribution in [2.45, 2.75) is 102 Å². The molecule has 0 saturated carbocycles. The fourth-order valence-corrected chi connectivity index (χ4v) is 4.60. The van der Waals surface area contributed by atoms with Gasteiger partial charge in [0.15, 0.2) is 15.1 Å². The zero-order valence-electron chi connectivity index (χ0n) is 33.0. The van der Waals surface area contributed by atoms with Crippen molar-refractivity contribution in [1.29, 1.82) is 0 Å². The van der Waals surface area contributed by atoms with Gasteiger partial charge in [-0.1, -0.05) is 53.3 Å². The van der Waals surface area contributed by atoms with E-state index in [-0.39, 0.29) is 40.6 Å². The highest BCUT2D eigenvalue weighted by Gasteiger charge is 2.25. The van der Waals surface area contributed by atoms with Crippen LogP contribution in [0.1, 0.15) is 76.0 Å². The van der Waals surface area contributed by atoms with E-state index in [4.69, 9.17) is 20.7 Å². The molecule has 3 rings (SSSR count). The monoisotopic (exact) mass is 921 g/mol. The van der Waals surface area contributed by atoms with Gasteiger partial charge in [-0.3, -0.25) is 38.5 Å². The number of thioether (sulfide) groups is 2. The number of nitrogens with one attached hydrogen (secondary N) is 4. The van der Waals surface area contributed by atoms with E-state index < -0.39 is 24.0 Å². The summed E-state index contributed by atoms with van der Waals surface area (Å²) in [6.45, 7) is 15.1. The Labute approximate surface area is 344 Å². The van der Waals surface area contributed by atoms with Crippen molar-refractivity contribution in [2.24, 2.45) is 0 Å². The third-order valence-corrected chi connectivity index (χ3v) is 6.73. The number of hydrogen-bond acceptors (Lipinski definition) is 14. The molecule has 3 aromatic heterocycles. The van der Waals surface area contributed by atoms with Crippen molar-refractivity contribution in [1.82, 2.24) is 29.9 Å². The molecule has 0 aliphatic rings. The fraction of sp³-hybridized carbons (Fsp3) is 0.515. The molecule has 0 bridgehead atoms. The number of aliphatic carboxylic acids is 1. The number of nitrogens with zero attached hydrogens (tertiary/aromatic N) is 2. The van der Waals surface area contributed by atoms with E-state index in [1.165, 1.54) is 60.3 Å². The maximum Gasteiger partial charge on any atom is 0.446 e. The predicted octanol–water partition coefficient (Wildman–Crippen LogP) is 6.25. The van der Waals surface area contributed by atoms with Crippen molar-refractivity contribution in [3.63, 3.8) is 0 Å². The van der Waals surface area contributed by atoms with E-state index in [9.17, 15) is 41.9 Å². The quantitative estimate of drug-likeness (QED) is 0.0377. The zero-order chi connectivity index (χ0) is 44.8. The van der Waals surface area contributed by atoms with Gasteiger partial charge in [0.25, 0.3) is 16.7 Å². The second-order valence-corrected chi connectivity index (χ2v) is 14.9. The van der Waals surface area contributed by atoms with E-state index in [1.807, 2.05) is 55.4 Å². The summed E-state index contributed by atoms with van der Waals surface area (Å²) in [4.78, 5) is 91.3. The van der Waals surface area contributed by atoms with Crippen LogP contribution in [-0.4, -0.2) is 93.4 Å². The Kier molecular flexibility index (Phi) is 29.9. The summed E-state index contributed by atoms with van der Waals surface area (Å²) >= 11 is 10.3. The molecule has 3 aromatic rings. The van der Waals surface area contributed by atoms with Gasteiger partial charge < -0.3 is 29.5 Å². The summed E-state index contributed by atoms with van der Waals surface area (Å²) in [5.41, 5.74) is -1.40. The second-order valence-electron chi connectivity index (χ2n) is 11.6. The molecule has 0 atom stereocenters. The standard InChI is InChI=1S/C11H16N2O3S.C7H13BrO2.C7H8N2O3S.C4H4N2OS.C2HF3O.C2H6/c1-11(2,3)16-9(15)5-7-17-10-12-6-4-8(14)13-10;1-7(2,3)10-6(9)4-5-8;10-5-1-3-8-7(9-5)13-4-2-6(11)12;7-3-1-2-5-4(8)6-3;3-2(4,5)1-6;1-2/h4,6H,5,7H2,1-3H3,(H,12,13,14);4-5H2,1-3H3;1,3H,2,4H2,(H,11,12)(H,8,9,10);1-2H,(H2,5,6,7,8);1H;1-2H3/i;;;;1D;. The molecule has 0 aliphatic heterocycles. The number of aromatic nitrogens is 6. The number of aldehydes is 1. The number of hydrogen-bond donors (Lipinski definition) is 5. The molecule has 0 aliphatic carbocycles. The summed E-state index contributed by atoms with van der Waals surface area (Å²) in [6, 6.07) is 4.02. The van der Waals surface area contributed by atoms with Gasteiger partial charge in [0.05, 0.1) is 19.3 Å². The van der Waals surface area contributed by atoms with Crippen LogP contribution < -0.4 is 16.7 Å². The first-order valence-corrected chi connectivity index (χ1v) is 19.7. The van der Waals surface area contributed by atoms with Gasteiger partial charge in [-0.25, -0.2) is 9.97 Å². The van der Waals surface area contributed by atoms with Crippen LogP contribution in [0.15, 0.2) is 61.5 Å². The zero-order valence-corrected chi connectivity index (χ0v) is 36.0. The number of carboxylic acids is 1. The molecule has 16 nitrogen and oxygen atoms in total. The average molecular weight is 923 g/mol. The Hall–Kier alpha value is -4.09. The van der Waals surface area contributed by atoms with Crippen molar-refractivity contribution in [3.8, 4) is 0 Å². The van der Waals surface area contributed by atoms with Gasteiger partial charge in [0.1, 0.15) is 12.6 Å². The van der Waals surface area contributed by atoms with Gasteiger partial charge in [-0.2, -0.15) is 13.2 Å². The minimum atomic E-state index is -4.97. The molecule has 56 heavy (non-hydrogen) atoms. The Bertz CT molecular complexity index is 1840. The van der Waals surface area contributed by atoms with E-state index in [1.54, 1.807) is 0 Å². The summed E-state index contributed by atoms with van der Waals surface area (Å²) in [5.74, 6) is -0.317.